The van der Waals surface area contributed by atoms with Gasteiger partial charge in [-0.25, -0.2) is 8.42 Å². The molecule has 1 saturated heterocycles. The van der Waals surface area contributed by atoms with Gasteiger partial charge in [-0.2, -0.15) is 0 Å². The third-order valence-corrected chi connectivity index (χ3v) is 6.37. The van der Waals surface area contributed by atoms with Crippen LogP contribution >= 0.6 is 11.5 Å². The van der Waals surface area contributed by atoms with Crippen molar-refractivity contribution in [2.45, 2.75) is 29.5 Å². The molecule has 2 aromatic heterocycles. The molecule has 3 heterocycles. The molecule has 1 aliphatic rings. The van der Waals surface area contributed by atoms with Crippen LogP contribution in [-0.2, 0) is 16.4 Å². The standard InChI is InChI=1S/C14H18N4O2S2/c1-22(19,20)14-13(16-17-21-14)11-5-4-8-18(9-11)10-12-6-2-3-7-15-12/h2-3,6-7,11H,4-5,8-10H2,1H3/t11-/m0/s1. The maximum atomic E-state index is 11.8. The van der Waals surface area contributed by atoms with Gasteiger partial charge in [-0.15, -0.1) is 5.10 Å². The van der Waals surface area contributed by atoms with E-state index < -0.39 is 9.84 Å². The smallest absolute Gasteiger partial charge is 0.188 e. The van der Waals surface area contributed by atoms with Gasteiger partial charge in [0.25, 0.3) is 0 Å². The van der Waals surface area contributed by atoms with Crippen LogP contribution in [0.3, 0.4) is 0 Å². The topological polar surface area (TPSA) is 76.1 Å². The highest BCUT2D eigenvalue weighted by molar-refractivity contribution is 7.92. The second-order valence-electron chi connectivity index (χ2n) is 5.61. The van der Waals surface area contributed by atoms with E-state index in [2.05, 4.69) is 19.5 Å². The maximum absolute atomic E-state index is 11.8. The van der Waals surface area contributed by atoms with E-state index in [1.54, 1.807) is 6.20 Å². The summed E-state index contributed by atoms with van der Waals surface area (Å²) in [7, 11) is -3.25. The molecule has 0 unspecified atom stereocenters. The van der Waals surface area contributed by atoms with E-state index >= 15 is 0 Å². The lowest BCUT2D eigenvalue weighted by Gasteiger charge is -2.31. The minimum atomic E-state index is -3.25. The van der Waals surface area contributed by atoms with Crippen molar-refractivity contribution in [1.29, 1.82) is 0 Å². The lowest BCUT2D eigenvalue weighted by Crippen LogP contribution is -2.34. The van der Waals surface area contributed by atoms with Crippen LogP contribution in [0.2, 0.25) is 0 Å². The highest BCUT2D eigenvalue weighted by Gasteiger charge is 2.29. The number of piperidine rings is 1. The Hall–Kier alpha value is -1.38. The summed E-state index contributed by atoms with van der Waals surface area (Å²) in [6.45, 7) is 2.58. The Morgan fingerprint density at radius 3 is 3.00 bits per heavy atom. The summed E-state index contributed by atoms with van der Waals surface area (Å²) in [6.07, 6.45) is 4.99. The molecule has 22 heavy (non-hydrogen) atoms. The Bertz CT molecular complexity index is 730. The van der Waals surface area contributed by atoms with Gasteiger partial charge in [0.15, 0.2) is 14.0 Å². The van der Waals surface area contributed by atoms with Gasteiger partial charge in [0, 0.05) is 43.0 Å². The van der Waals surface area contributed by atoms with Crippen LogP contribution in [-0.4, -0.2) is 47.2 Å². The Morgan fingerprint density at radius 2 is 2.27 bits per heavy atom. The molecule has 1 fully saturated rings. The number of hydrogen-bond donors (Lipinski definition) is 0. The third kappa shape index (κ3) is 3.50. The number of nitrogens with zero attached hydrogens (tertiary/aromatic N) is 4. The van der Waals surface area contributed by atoms with E-state index in [0.29, 0.717) is 9.90 Å². The first-order valence-corrected chi connectivity index (χ1v) is 9.85. The lowest BCUT2D eigenvalue weighted by atomic mass is 9.95. The Balaban J connectivity index is 1.75. The molecule has 8 heteroatoms. The quantitative estimate of drug-likeness (QED) is 0.845. The fraction of sp³-hybridized carbons (Fsp3) is 0.500. The molecular formula is C14H18N4O2S2. The number of hydrogen-bond acceptors (Lipinski definition) is 7. The maximum Gasteiger partial charge on any atom is 0.188 e. The zero-order valence-electron chi connectivity index (χ0n) is 12.3. The zero-order chi connectivity index (χ0) is 15.6. The van der Waals surface area contributed by atoms with Gasteiger partial charge in [0.2, 0.25) is 0 Å². The van der Waals surface area contributed by atoms with Gasteiger partial charge < -0.3 is 0 Å². The lowest BCUT2D eigenvalue weighted by molar-refractivity contribution is 0.195. The molecule has 6 nitrogen and oxygen atoms in total. The van der Waals surface area contributed by atoms with Gasteiger partial charge in [-0.05, 0) is 31.5 Å². The molecule has 0 N–H and O–H groups in total. The molecule has 0 aromatic carbocycles. The van der Waals surface area contributed by atoms with Gasteiger partial charge in [-0.3, -0.25) is 9.88 Å². The molecule has 0 radical (unpaired) electrons. The summed E-state index contributed by atoms with van der Waals surface area (Å²) < 4.78 is 27.8. The second kappa shape index (κ2) is 6.39. The summed E-state index contributed by atoms with van der Waals surface area (Å²) in [4.78, 5) is 6.66. The van der Waals surface area contributed by atoms with Crippen molar-refractivity contribution in [1.82, 2.24) is 19.5 Å². The van der Waals surface area contributed by atoms with Crippen molar-refractivity contribution in [3.05, 3.63) is 35.8 Å². The van der Waals surface area contributed by atoms with Gasteiger partial charge in [-0.1, -0.05) is 10.6 Å². The minimum absolute atomic E-state index is 0.126. The van der Waals surface area contributed by atoms with Crippen LogP contribution in [0, 0.1) is 0 Å². The number of pyridine rings is 1. The van der Waals surface area contributed by atoms with Gasteiger partial charge in [0.1, 0.15) is 0 Å². The normalized spacial score (nSPS) is 20.1. The minimum Gasteiger partial charge on any atom is -0.297 e. The first kappa shape index (κ1) is 15.5. The average molecular weight is 338 g/mol. The number of sulfone groups is 1. The van der Waals surface area contributed by atoms with E-state index in [1.807, 2.05) is 18.2 Å². The Labute approximate surface area is 134 Å². The van der Waals surface area contributed by atoms with Crippen molar-refractivity contribution >= 4 is 21.4 Å². The van der Waals surface area contributed by atoms with Crippen molar-refractivity contribution in [2.24, 2.45) is 0 Å². The zero-order valence-corrected chi connectivity index (χ0v) is 14.0. The van der Waals surface area contributed by atoms with E-state index in [1.165, 1.54) is 6.26 Å². The van der Waals surface area contributed by atoms with Gasteiger partial charge in [0.05, 0.1) is 11.4 Å². The molecule has 0 amide bonds. The molecule has 118 valence electrons. The molecule has 1 aliphatic heterocycles. The van der Waals surface area contributed by atoms with E-state index in [-0.39, 0.29) is 5.92 Å². The van der Waals surface area contributed by atoms with Crippen molar-refractivity contribution in [3.8, 4) is 0 Å². The van der Waals surface area contributed by atoms with Crippen molar-refractivity contribution in [2.75, 3.05) is 19.3 Å². The fourth-order valence-electron chi connectivity index (χ4n) is 2.84. The molecule has 0 aliphatic carbocycles. The largest absolute Gasteiger partial charge is 0.297 e. The first-order valence-electron chi connectivity index (χ1n) is 7.18. The number of rotatable bonds is 4. The monoisotopic (exact) mass is 338 g/mol. The molecular weight excluding hydrogens is 320 g/mol. The summed E-state index contributed by atoms with van der Waals surface area (Å²) in [6, 6.07) is 5.90. The van der Waals surface area contributed by atoms with Gasteiger partial charge >= 0.3 is 0 Å². The predicted octanol–water partition coefficient (Wildman–Crippen LogP) is 1.72. The van der Waals surface area contributed by atoms with Crippen LogP contribution < -0.4 is 0 Å². The molecule has 0 spiro atoms. The highest BCUT2D eigenvalue weighted by Crippen LogP contribution is 2.32. The van der Waals surface area contributed by atoms with Crippen LogP contribution in [0.15, 0.2) is 28.6 Å². The molecule has 2 aromatic rings. The summed E-state index contributed by atoms with van der Waals surface area (Å²) in [5.41, 5.74) is 1.67. The SMILES string of the molecule is CS(=O)(=O)c1snnc1[C@H]1CCCN(Cc2ccccn2)C1. The first-order chi connectivity index (χ1) is 10.5. The third-order valence-electron chi connectivity index (χ3n) is 3.82. The average Bonchev–Trinajstić information content (AvgIpc) is 2.98. The van der Waals surface area contributed by atoms with Crippen LogP contribution in [0.25, 0.3) is 0 Å². The van der Waals surface area contributed by atoms with Crippen molar-refractivity contribution < 1.29 is 8.42 Å². The van der Waals surface area contributed by atoms with Crippen LogP contribution in [0.5, 0.6) is 0 Å². The van der Waals surface area contributed by atoms with Crippen LogP contribution in [0.1, 0.15) is 30.1 Å². The molecule has 0 bridgehead atoms. The highest BCUT2D eigenvalue weighted by atomic mass is 32.2. The van der Waals surface area contributed by atoms with E-state index in [9.17, 15) is 8.42 Å². The summed E-state index contributed by atoms with van der Waals surface area (Å²) in [5, 5.41) is 4.09. The Kier molecular flexibility index (Phi) is 4.51. The second-order valence-corrected chi connectivity index (χ2v) is 8.58. The molecule has 0 saturated carbocycles. The molecule has 1 atom stereocenters. The fourth-order valence-corrected chi connectivity index (χ4v) is 4.57. The Morgan fingerprint density at radius 1 is 1.41 bits per heavy atom. The van der Waals surface area contributed by atoms with E-state index in [4.69, 9.17) is 0 Å². The van der Waals surface area contributed by atoms with Crippen molar-refractivity contribution in [3.63, 3.8) is 0 Å². The van der Waals surface area contributed by atoms with E-state index in [0.717, 1.165) is 49.7 Å². The summed E-state index contributed by atoms with van der Waals surface area (Å²) in [5.74, 6) is 0.126. The van der Waals surface area contributed by atoms with Crippen LogP contribution in [0.4, 0.5) is 0 Å². The number of likely N-dealkylation sites (tertiary alicyclic amines) is 1. The summed E-state index contributed by atoms with van der Waals surface area (Å²) >= 11 is 0.975. The predicted molar refractivity (Wildman–Crippen MR) is 84.5 cm³/mol. The molecule has 3 rings (SSSR count). The number of aromatic nitrogens is 3.